The number of ether oxygens (including phenoxy) is 1. The summed E-state index contributed by atoms with van der Waals surface area (Å²) >= 11 is 0. The van der Waals surface area contributed by atoms with E-state index in [0.717, 1.165) is 4.90 Å². The monoisotopic (exact) mass is 779 g/mol. The standard InChI is InChI=1S/C54H57BN2O/c1-52(2,3)38-18-26-43(27-19-38)57-47-28-20-39(53(4,5)6)30-45(47)55-46-31-40(54(7,8)9)21-29-49(46)58-50-33-44(32-48(57)51(50)55)56(41-22-14-36(15-23-41)34-10-11-34)42-24-16-37(17-25-42)35-12-13-35/h14-35H,10-13H2,1-9H3/i14D,15D,16D,17D,18D,19D,20D,21D,22D,23D,24D,25D,26D,27D,28D,29D,30D,31D. The van der Waals surface area contributed by atoms with Gasteiger partial charge in [-0.05, 0) is 152 Å². The lowest BCUT2D eigenvalue weighted by atomic mass is 9.33. The molecule has 2 heterocycles. The topological polar surface area (TPSA) is 15.7 Å². The molecule has 0 spiro atoms. The predicted octanol–water partition coefficient (Wildman–Crippen LogP) is 13.2. The molecule has 2 aliphatic heterocycles. The Bertz CT molecular complexity index is 3440. The molecule has 0 bridgehead atoms. The van der Waals surface area contributed by atoms with E-state index in [1.807, 2.05) is 0 Å². The molecule has 0 saturated heterocycles. The molecule has 0 radical (unpaired) electrons. The van der Waals surface area contributed by atoms with Gasteiger partial charge in [-0.3, -0.25) is 0 Å². The number of hydrogen-bond donors (Lipinski definition) is 0. The molecule has 292 valence electrons. The van der Waals surface area contributed by atoms with Crippen LogP contribution in [0.3, 0.4) is 0 Å². The summed E-state index contributed by atoms with van der Waals surface area (Å²) in [5.41, 5.74) is -3.66. The van der Waals surface area contributed by atoms with Crippen molar-refractivity contribution in [3.63, 3.8) is 0 Å². The summed E-state index contributed by atoms with van der Waals surface area (Å²) in [5, 5.41) is 0. The average molecular weight is 779 g/mol. The van der Waals surface area contributed by atoms with Crippen molar-refractivity contribution in [2.75, 3.05) is 9.80 Å². The molecule has 10 rings (SSSR count). The maximum Gasteiger partial charge on any atom is 0.256 e. The Kier molecular flexibility index (Phi) is 5.04. The first-order valence-corrected chi connectivity index (χ1v) is 20.2. The van der Waals surface area contributed by atoms with Crippen molar-refractivity contribution >= 4 is 57.2 Å². The first-order chi connectivity index (χ1) is 35.2. The van der Waals surface area contributed by atoms with Gasteiger partial charge in [-0.25, -0.2) is 0 Å². The quantitative estimate of drug-likeness (QED) is 0.156. The van der Waals surface area contributed by atoms with E-state index in [2.05, 4.69) is 0 Å². The van der Waals surface area contributed by atoms with E-state index >= 15 is 0 Å². The fourth-order valence-electron chi connectivity index (χ4n) is 7.59. The molecule has 2 saturated carbocycles. The van der Waals surface area contributed by atoms with Gasteiger partial charge in [0, 0.05) is 34.5 Å². The highest BCUT2D eigenvalue weighted by Crippen LogP contribution is 2.48. The van der Waals surface area contributed by atoms with Crippen LogP contribution in [0.25, 0.3) is 0 Å². The zero-order chi connectivity index (χ0) is 56.0. The second-order valence-electron chi connectivity index (χ2n) is 19.1. The molecule has 58 heavy (non-hydrogen) atoms. The van der Waals surface area contributed by atoms with Crippen LogP contribution in [0.5, 0.6) is 11.5 Å². The highest BCUT2D eigenvalue weighted by atomic mass is 16.5. The molecular formula is C54H57BN2O. The number of fused-ring (bicyclic) bond motifs is 4. The predicted molar refractivity (Wildman–Crippen MR) is 247 cm³/mol. The summed E-state index contributed by atoms with van der Waals surface area (Å²) in [5.74, 6) is -0.929. The van der Waals surface area contributed by atoms with Crippen molar-refractivity contribution in [2.24, 2.45) is 0 Å². The lowest BCUT2D eigenvalue weighted by Gasteiger charge is -2.42. The van der Waals surface area contributed by atoms with Crippen LogP contribution in [0, 0.1) is 0 Å². The van der Waals surface area contributed by atoms with Gasteiger partial charge in [-0.15, -0.1) is 0 Å². The number of benzene rings is 6. The fraction of sp³-hybridized carbons (Fsp3) is 0.333. The molecule has 0 N–H and O–H groups in total. The van der Waals surface area contributed by atoms with E-state index in [9.17, 15) is 24.7 Å². The number of nitrogens with zero attached hydrogens (tertiary/aromatic N) is 2. The Morgan fingerprint density at radius 3 is 1.55 bits per heavy atom. The summed E-state index contributed by atoms with van der Waals surface area (Å²) in [6.07, 6.45) is 2.51. The van der Waals surface area contributed by atoms with Gasteiger partial charge in [0.1, 0.15) is 11.5 Å². The Morgan fingerprint density at radius 1 is 0.534 bits per heavy atom. The summed E-state index contributed by atoms with van der Waals surface area (Å²) in [6.45, 7) is 14.6. The zero-order valence-corrected chi connectivity index (χ0v) is 34.5. The van der Waals surface area contributed by atoms with Crippen molar-refractivity contribution < 1.29 is 29.4 Å². The van der Waals surface area contributed by atoms with Crippen LogP contribution < -0.4 is 30.9 Å². The molecule has 2 aliphatic carbocycles. The van der Waals surface area contributed by atoms with Crippen LogP contribution in [-0.4, -0.2) is 6.71 Å². The Hall–Kier alpha value is -5.22. The van der Waals surface area contributed by atoms with Gasteiger partial charge >= 0.3 is 0 Å². The minimum Gasteiger partial charge on any atom is -0.458 e. The van der Waals surface area contributed by atoms with Gasteiger partial charge in [0.15, 0.2) is 0 Å². The summed E-state index contributed by atoms with van der Waals surface area (Å²) in [7, 11) is 0. The third-order valence-corrected chi connectivity index (χ3v) is 11.3. The van der Waals surface area contributed by atoms with Crippen molar-refractivity contribution in [1.29, 1.82) is 0 Å². The van der Waals surface area contributed by atoms with E-state index in [1.165, 1.54) is 17.0 Å². The molecule has 2 fully saturated rings. The number of anilines is 6. The Balaban J connectivity index is 1.45. The van der Waals surface area contributed by atoms with E-state index in [-0.39, 0.29) is 133 Å². The maximum absolute atomic E-state index is 10.2. The Labute approximate surface area is 372 Å². The summed E-state index contributed by atoms with van der Waals surface area (Å²) < 4.78 is 180. The highest BCUT2D eigenvalue weighted by molar-refractivity contribution is 6.99. The van der Waals surface area contributed by atoms with Crippen molar-refractivity contribution in [3.05, 3.63) is 149 Å². The first-order valence-electron chi connectivity index (χ1n) is 29.2. The van der Waals surface area contributed by atoms with Crippen LogP contribution in [-0.2, 0) is 16.2 Å². The normalized spacial score (nSPS) is 20.4. The smallest absolute Gasteiger partial charge is 0.256 e. The van der Waals surface area contributed by atoms with Crippen molar-refractivity contribution in [3.8, 4) is 11.5 Å². The van der Waals surface area contributed by atoms with E-state index in [4.69, 9.17) is 4.74 Å². The molecule has 0 aromatic heterocycles. The molecule has 0 atom stereocenters. The molecule has 4 heteroatoms. The van der Waals surface area contributed by atoms with Gasteiger partial charge in [-0.1, -0.05) is 123 Å². The van der Waals surface area contributed by atoms with Crippen molar-refractivity contribution in [2.45, 2.75) is 116 Å². The second-order valence-corrected chi connectivity index (χ2v) is 19.1. The SMILES string of the molecule is [2H]c1c([2H])c(C(C)(C)C)c([2H])c2c1Oc1cc(N(c3c([2H])c([2H])c(C4CC4)c([2H])c3[2H])c3c([2H])c([2H])c(C4CC4)c([2H])c3[2H])cc3c1B2c1c([2H])c(C(C)(C)C)c([2H])c([2H])c1N3c1c([2H])c([2H])c(C(C)(C)C)c([2H])c1[2H]. The largest absolute Gasteiger partial charge is 0.458 e. The van der Waals surface area contributed by atoms with Gasteiger partial charge in [0.05, 0.1) is 30.4 Å². The molecular weight excluding hydrogens is 703 g/mol. The summed E-state index contributed by atoms with van der Waals surface area (Å²) in [6, 6.07) is -5.02. The van der Waals surface area contributed by atoms with Crippen LogP contribution in [0.15, 0.2) is 121 Å². The van der Waals surface area contributed by atoms with E-state index in [0.29, 0.717) is 25.7 Å². The van der Waals surface area contributed by atoms with Gasteiger partial charge in [0.2, 0.25) is 0 Å². The molecule has 0 amide bonds. The second kappa shape index (κ2) is 13.1. The van der Waals surface area contributed by atoms with Gasteiger partial charge in [0.25, 0.3) is 6.71 Å². The minimum atomic E-state index is -1.32. The average Bonchev–Trinajstić information content (AvgIpc) is 4.37. The van der Waals surface area contributed by atoms with Crippen molar-refractivity contribution in [1.82, 2.24) is 0 Å². The highest BCUT2D eigenvalue weighted by Gasteiger charge is 2.43. The third-order valence-electron chi connectivity index (χ3n) is 11.3. The lowest BCUT2D eigenvalue weighted by Crippen LogP contribution is -2.60. The van der Waals surface area contributed by atoms with Crippen LogP contribution in [0.1, 0.15) is 152 Å². The van der Waals surface area contributed by atoms with Gasteiger partial charge in [-0.2, -0.15) is 0 Å². The number of rotatable bonds is 6. The van der Waals surface area contributed by atoms with Crippen LogP contribution in [0.2, 0.25) is 0 Å². The van der Waals surface area contributed by atoms with E-state index < -0.39 is 100 Å². The Morgan fingerprint density at radius 2 is 1.03 bits per heavy atom. The maximum atomic E-state index is 10.2. The third kappa shape index (κ3) is 6.54. The molecule has 6 aromatic carbocycles. The van der Waals surface area contributed by atoms with Crippen LogP contribution >= 0.6 is 0 Å². The zero-order valence-electron chi connectivity index (χ0n) is 52.5. The molecule has 4 aliphatic rings. The lowest BCUT2D eigenvalue weighted by molar-refractivity contribution is 0.486. The molecule has 6 aromatic rings. The fourth-order valence-corrected chi connectivity index (χ4v) is 7.59. The minimum absolute atomic E-state index is 0.0154. The summed E-state index contributed by atoms with van der Waals surface area (Å²) in [4.78, 5) is 2.35. The number of hydrogen-bond acceptors (Lipinski definition) is 3. The molecule has 0 unspecified atom stereocenters. The first kappa shape index (κ1) is 22.2. The van der Waals surface area contributed by atoms with Crippen LogP contribution in [0.4, 0.5) is 34.1 Å². The van der Waals surface area contributed by atoms with E-state index in [1.54, 1.807) is 62.3 Å². The molecule has 3 nitrogen and oxygen atoms in total. The van der Waals surface area contributed by atoms with Gasteiger partial charge < -0.3 is 14.5 Å².